The summed E-state index contributed by atoms with van der Waals surface area (Å²) >= 11 is 0. The molecule has 3 atom stereocenters. The number of aromatic nitrogens is 4. The van der Waals surface area contributed by atoms with Gasteiger partial charge in [0.1, 0.15) is 6.23 Å². The van der Waals surface area contributed by atoms with E-state index in [1.165, 1.54) is 0 Å². The normalized spacial score (nSPS) is 25.0. The third-order valence-electron chi connectivity index (χ3n) is 4.19. The Morgan fingerprint density at radius 3 is 2.91 bits per heavy atom. The van der Waals surface area contributed by atoms with Crippen molar-refractivity contribution in [3.05, 3.63) is 6.33 Å². The molecule has 0 amide bonds. The van der Waals surface area contributed by atoms with Crippen LogP contribution in [-0.2, 0) is 4.74 Å². The Morgan fingerprint density at radius 1 is 1.50 bits per heavy atom. The van der Waals surface area contributed by atoms with E-state index in [0.717, 1.165) is 13.0 Å². The molecule has 3 rings (SSSR count). The summed E-state index contributed by atoms with van der Waals surface area (Å²) in [5.41, 5.74) is 7.24. The lowest BCUT2D eigenvalue weighted by Gasteiger charge is -2.19. The highest BCUT2D eigenvalue weighted by Crippen LogP contribution is 2.36. The van der Waals surface area contributed by atoms with Crippen LogP contribution in [0.25, 0.3) is 11.2 Å². The van der Waals surface area contributed by atoms with E-state index in [1.54, 1.807) is 6.33 Å². The Hall–Kier alpha value is -1.93. The number of ether oxygens (including phenoxy) is 1. The lowest BCUT2D eigenvalue weighted by Crippen LogP contribution is -2.19. The Morgan fingerprint density at radius 2 is 2.27 bits per heavy atom. The Balaban J connectivity index is 2.07. The number of anilines is 2. The number of aliphatic hydroxyl groups is 1. The van der Waals surface area contributed by atoms with Crippen LogP contribution in [0.15, 0.2) is 6.33 Å². The number of imidazole rings is 1. The van der Waals surface area contributed by atoms with Crippen LogP contribution in [0.3, 0.4) is 0 Å². The topological polar surface area (TPSA) is 102 Å². The predicted octanol–water partition coefficient (Wildman–Crippen LogP) is 0.780. The monoisotopic (exact) mass is 306 g/mol. The molecule has 2 aromatic heterocycles. The zero-order valence-corrected chi connectivity index (χ0v) is 13.1. The highest BCUT2D eigenvalue weighted by molar-refractivity contribution is 5.84. The van der Waals surface area contributed by atoms with E-state index in [-0.39, 0.29) is 30.8 Å². The second kappa shape index (κ2) is 5.69. The molecule has 2 aromatic rings. The average molecular weight is 306 g/mol. The first-order chi connectivity index (χ1) is 10.5. The van der Waals surface area contributed by atoms with Gasteiger partial charge >= 0.3 is 0 Å². The van der Waals surface area contributed by atoms with E-state index >= 15 is 0 Å². The molecule has 0 unspecified atom stereocenters. The maximum absolute atomic E-state index is 9.30. The molecular weight excluding hydrogens is 284 g/mol. The number of nitrogens with two attached hydrogens (primary N) is 1. The first-order valence-electron chi connectivity index (χ1n) is 7.52. The fraction of sp³-hybridized carbons (Fsp3) is 0.643. The highest BCUT2D eigenvalue weighted by atomic mass is 16.5. The second-order valence-corrected chi connectivity index (χ2v) is 5.79. The van der Waals surface area contributed by atoms with Crippen molar-refractivity contribution < 1.29 is 9.84 Å². The van der Waals surface area contributed by atoms with Crippen LogP contribution in [0.4, 0.5) is 11.8 Å². The standard InChI is InChI=1S/C14H22N6O2/c1-4-19(3)11-10-12(18-14(15)17-11)20(7-16-10)13-8(2)5-9(6-21)22-13/h7-9,13,21H,4-6H2,1-3H3,(H2,15,17,18)/t8-,9-,13+/m0/s1. The summed E-state index contributed by atoms with van der Waals surface area (Å²) in [7, 11) is 1.94. The number of nitrogens with zero attached hydrogens (tertiary/aromatic N) is 5. The van der Waals surface area contributed by atoms with Crippen molar-refractivity contribution in [2.45, 2.75) is 32.6 Å². The van der Waals surface area contributed by atoms with E-state index in [2.05, 4.69) is 21.9 Å². The quantitative estimate of drug-likeness (QED) is 0.860. The van der Waals surface area contributed by atoms with E-state index in [1.807, 2.05) is 23.4 Å². The minimum absolute atomic E-state index is 0.0222. The minimum Gasteiger partial charge on any atom is -0.394 e. The van der Waals surface area contributed by atoms with Crippen LogP contribution in [0.1, 0.15) is 26.5 Å². The average Bonchev–Trinajstić information content (AvgIpc) is 3.08. The van der Waals surface area contributed by atoms with Crippen molar-refractivity contribution in [3.63, 3.8) is 0 Å². The molecule has 1 aliphatic rings. The molecule has 1 fully saturated rings. The summed E-state index contributed by atoms with van der Waals surface area (Å²) in [4.78, 5) is 15.1. The molecule has 1 saturated heterocycles. The smallest absolute Gasteiger partial charge is 0.224 e. The third-order valence-corrected chi connectivity index (χ3v) is 4.19. The zero-order chi connectivity index (χ0) is 15.9. The molecule has 0 saturated carbocycles. The van der Waals surface area contributed by atoms with Crippen molar-refractivity contribution in [2.75, 3.05) is 30.8 Å². The van der Waals surface area contributed by atoms with Crippen molar-refractivity contribution in [2.24, 2.45) is 5.92 Å². The van der Waals surface area contributed by atoms with Gasteiger partial charge in [-0.15, -0.1) is 0 Å². The number of rotatable bonds is 4. The molecule has 0 bridgehead atoms. The fourth-order valence-corrected chi connectivity index (χ4v) is 2.90. The van der Waals surface area contributed by atoms with Gasteiger partial charge in [-0.05, 0) is 13.3 Å². The summed E-state index contributed by atoms with van der Waals surface area (Å²) in [6, 6.07) is 0. The number of nitrogen functional groups attached to an aromatic ring is 1. The maximum atomic E-state index is 9.30. The number of hydrogen-bond acceptors (Lipinski definition) is 7. The molecule has 3 N–H and O–H groups in total. The van der Waals surface area contributed by atoms with Crippen LogP contribution in [-0.4, -0.2) is 50.9 Å². The van der Waals surface area contributed by atoms with Gasteiger partial charge in [-0.3, -0.25) is 4.57 Å². The SMILES string of the molecule is CCN(C)c1nc(N)nc2c1ncn2[C@@H]1O[C@H](CO)C[C@@H]1C. The van der Waals surface area contributed by atoms with Gasteiger partial charge in [-0.25, -0.2) is 4.98 Å². The third kappa shape index (κ3) is 2.38. The number of fused-ring (bicyclic) bond motifs is 1. The van der Waals surface area contributed by atoms with Crippen molar-refractivity contribution in [1.29, 1.82) is 0 Å². The summed E-state index contributed by atoms with van der Waals surface area (Å²) in [5.74, 6) is 1.19. The number of aliphatic hydroxyl groups excluding tert-OH is 1. The molecule has 0 radical (unpaired) electrons. The molecule has 22 heavy (non-hydrogen) atoms. The van der Waals surface area contributed by atoms with Crippen LogP contribution in [0.2, 0.25) is 0 Å². The van der Waals surface area contributed by atoms with Crippen LogP contribution in [0, 0.1) is 5.92 Å². The van der Waals surface area contributed by atoms with Gasteiger partial charge < -0.3 is 20.5 Å². The van der Waals surface area contributed by atoms with Gasteiger partial charge in [0, 0.05) is 19.5 Å². The molecule has 3 heterocycles. The van der Waals surface area contributed by atoms with E-state index < -0.39 is 0 Å². The molecule has 0 aliphatic carbocycles. The van der Waals surface area contributed by atoms with E-state index in [9.17, 15) is 5.11 Å². The fourth-order valence-electron chi connectivity index (χ4n) is 2.90. The van der Waals surface area contributed by atoms with Gasteiger partial charge in [0.25, 0.3) is 0 Å². The lowest BCUT2D eigenvalue weighted by molar-refractivity contribution is -0.0294. The van der Waals surface area contributed by atoms with Crippen LogP contribution < -0.4 is 10.6 Å². The van der Waals surface area contributed by atoms with Gasteiger partial charge in [-0.2, -0.15) is 9.97 Å². The van der Waals surface area contributed by atoms with Gasteiger partial charge in [-0.1, -0.05) is 6.92 Å². The maximum Gasteiger partial charge on any atom is 0.224 e. The predicted molar refractivity (Wildman–Crippen MR) is 83.5 cm³/mol. The van der Waals surface area contributed by atoms with Crippen molar-refractivity contribution in [3.8, 4) is 0 Å². The summed E-state index contributed by atoms with van der Waals surface area (Å²) in [6.07, 6.45) is 2.18. The first kappa shape index (κ1) is 15.0. The summed E-state index contributed by atoms with van der Waals surface area (Å²) in [5, 5.41) is 9.30. The van der Waals surface area contributed by atoms with Crippen molar-refractivity contribution in [1.82, 2.24) is 19.5 Å². The molecule has 8 heteroatoms. The Kier molecular flexibility index (Phi) is 3.88. The Labute approximate surface area is 128 Å². The van der Waals surface area contributed by atoms with Gasteiger partial charge in [0.2, 0.25) is 5.95 Å². The Bertz CT molecular complexity index is 673. The summed E-state index contributed by atoms with van der Waals surface area (Å²) in [6.45, 7) is 4.95. The number of hydrogen-bond donors (Lipinski definition) is 2. The molecular formula is C14H22N6O2. The van der Waals surface area contributed by atoms with Crippen LogP contribution >= 0.6 is 0 Å². The molecule has 0 spiro atoms. The van der Waals surface area contributed by atoms with Crippen LogP contribution in [0.5, 0.6) is 0 Å². The molecule has 1 aliphatic heterocycles. The van der Waals surface area contributed by atoms with E-state index in [4.69, 9.17) is 10.5 Å². The van der Waals surface area contributed by atoms with Gasteiger partial charge in [0.05, 0.1) is 19.0 Å². The summed E-state index contributed by atoms with van der Waals surface area (Å²) < 4.78 is 7.79. The molecule has 0 aromatic carbocycles. The lowest BCUT2D eigenvalue weighted by atomic mass is 10.1. The molecule has 8 nitrogen and oxygen atoms in total. The molecule has 120 valence electrons. The first-order valence-corrected chi connectivity index (χ1v) is 7.52. The highest BCUT2D eigenvalue weighted by Gasteiger charge is 2.34. The zero-order valence-electron chi connectivity index (χ0n) is 13.1. The van der Waals surface area contributed by atoms with Gasteiger partial charge in [0.15, 0.2) is 17.0 Å². The minimum atomic E-state index is -0.198. The van der Waals surface area contributed by atoms with E-state index in [0.29, 0.717) is 17.0 Å². The largest absolute Gasteiger partial charge is 0.394 e. The van der Waals surface area contributed by atoms with Crippen molar-refractivity contribution >= 4 is 22.9 Å². The second-order valence-electron chi connectivity index (χ2n) is 5.79.